The van der Waals surface area contributed by atoms with Gasteiger partial charge in [-0.3, -0.25) is 0 Å². The highest BCUT2D eigenvalue weighted by molar-refractivity contribution is 6.07. The summed E-state index contributed by atoms with van der Waals surface area (Å²) in [6.45, 7) is 6.01. The first-order chi connectivity index (χ1) is 9.65. The highest BCUT2D eigenvalue weighted by Gasteiger charge is 2.22. The normalized spacial score (nSPS) is 11.3. The van der Waals surface area contributed by atoms with Gasteiger partial charge in [0, 0.05) is 11.6 Å². The molecule has 5 heteroatoms. The lowest BCUT2D eigenvalue weighted by atomic mass is 10.1. The molecule has 0 unspecified atom stereocenters. The van der Waals surface area contributed by atoms with Crippen LogP contribution in [-0.2, 0) is 11.2 Å². The third kappa shape index (κ3) is 1.78. The Kier molecular flexibility index (Phi) is 2.97. The van der Waals surface area contributed by atoms with E-state index < -0.39 is 0 Å². The van der Waals surface area contributed by atoms with Crippen LogP contribution in [0.25, 0.3) is 16.5 Å². The van der Waals surface area contributed by atoms with Crippen LogP contribution in [0.4, 0.5) is 0 Å². The van der Waals surface area contributed by atoms with Gasteiger partial charge in [-0.05, 0) is 32.4 Å². The Labute approximate surface area is 116 Å². The fourth-order valence-corrected chi connectivity index (χ4v) is 2.49. The van der Waals surface area contributed by atoms with Crippen LogP contribution in [0.15, 0.2) is 22.7 Å². The summed E-state index contributed by atoms with van der Waals surface area (Å²) < 4.78 is 12.5. The number of aromatic nitrogens is 2. The van der Waals surface area contributed by atoms with E-state index in [4.69, 9.17) is 9.15 Å². The second kappa shape index (κ2) is 4.67. The van der Waals surface area contributed by atoms with Crippen molar-refractivity contribution in [2.45, 2.75) is 27.2 Å². The number of aryl methyl sites for hydroxylation is 2. The Morgan fingerprint density at radius 1 is 1.45 bits per heavy atom. The zero-order chi connectivity index (χ0) is 14.3. The smallest absolute Gasteiger partial charge is 0.342 e. The number of ether oxygens (including phenoxy) is 1. The van der Waals surface area contributed by atoms with Gasteiger partial charge in [-0.25, -0.2) is 9.31 Å². The molecule has 0 fully saturated rings. The molecule has 0 aromatic carbocycles. The number of fused-ring (bicyclic) bond motifs is 3. The molecule has 0 spiro atoms. The average molecular weight is 272 g/mol. The third-order valence-electron chi connectivity index (χ3n) is 3.30. The summed E-state index contributed by atoms with van der Waals surface area (Å²) in [6.07, 6.45) is 2.48. The molecule has 0 atom stereocenters. The quantitative estimate of drug-likeness (QED) is 0.687. The highest BCUT2D eigenvalue weighted by Crippen LogP contribution is 2.28. The number of hydrogen-bond acceptors (Lipinski definition) is 4. The van der Waals surface area contributed by atoms with E-state index in [1.807, 2.05) is 32.2 Å². The summed E-state index contributed by atoms with van der Waals surface area (Å²) in [6, 6.07) is 3.78. The molecule has 5 nitrogen and oxygen atoms in total. The van der Waals surface area contributed by atoms with Crippen LogP contribution in [0.1, 0.15) is 35.7 Å². The van der Waals surface area contributed by atoms with Crippen molar-refractivity contribution >= 4 is 22.5 Å². The maximum atomic E-state index is 12.2. The standard InChI is InChI=1S/C15H16N2O3/c1-4-11-13(15(18)19-5-2)14-10-8-9(3)20-12(10)6-7-17(14)16-11/h6-8H,4-5H2,1-3H3. The van der Waals surface area contributed by atoms with Crippen LogP contribution < -0.4 is 0 Å². The van der Waals surface area contributed by atoms with Gasteiger partial charge in [0.2, 0.25) is 0 Å². The molecule has 0 aliphatic rings. The van der Waals surface area contributed by atoms with Crippen molar-refractivity contribution in [1.29, 1.82) is 0 Å². The molecule has 3 aromatic rings. The molecule has 0 saturated carbocycles. The molecular formula is C15H16N2O3. The lowest BCUT2D eigenvalue weighted by Crippen LogP contribution is -2.06. The molecule has 3 heterocycles. The van der Waals surface area contributed by atoms with Crippen molar-refractivity contribution in [3.8, 4) is 0 Å². The van der Waals surface area contributed by atoms with E-state index in [2.05, 4.69) is 5.10 Å². The minimum Gasteiger partial charge on any atom is -0.462 e. The highest BCUT2D eigenvalue weighted by atomic mass is 16.5. The number of rotatable bonds is 3. The molecule has 104 valence electrons. The van der Waals surface area contributed by atoms with Gasteiger partial charge in [0.1, 0.15) is 16.9 Å². The summed E-state index contributed by atoms with van der Waals surface area (Å²) in [4.78, 5) is 12.2. The number of furan rings is 1. The summed E-state index contributed by atoms with van der Waals surface area (Å²) in [5, 5.41) is 5.36. The van der Waals surface area contributed by atoms with Crippen molar-refractivity contribution in [3.05, 3.63) is 35.3 Å². The van der Waals surface area contributed by atoms with E-state index >= 15 is 0 Å². The molecule has 0 bridgehead atoms. The van der Waals surface area contributed by atoms with Crippen LogP contribution in [0.3, 0.4) is 0 Å². The lowest BCUT2D eigenvalue weighted by molar-refractivity contribution is 0.0527. The van der Waals surface area contributed by atoms with Gasteiger partial charge in [0.25, 0.3) is 0 Å². The number of carbonyl (C=O) groups excluding carboxylic acids is 1. The maximum Gasteiger partial charge on any atom is 0.342 e. The first kappa shape index (κ1) is 12.7. The summed E-state index contributed by atoms with van der Waals surface area (Å²) in [5.74, 6) is 0.480. The summed E-state index contributed by atoms with van der Waals surface area (Å²) >= 11 is 0. The van der Waals surface area contributed by atoms with Crippen LogP contribution >= 0.6 is 0 Å². The van der Waals surface area contributed by atoms with Gasteiger partial charge >= 0.3 is 5.97 Å². The molecule has 0 amide bonds. The van der Waals surface area contributed by atoms with Crippen LogP contribution in [0.5, 0.6) is 0 Å². The Hall–Kier alpha value is -2.30. The van der Waals surface area contributed by atoms with Crippen molar-refractivity contribution in [2.24, 2.45) is 0 Å². The van der Waals surface area contributed by atoms with Gasteiger partial charge in [-0.1, -0.05) is 6.92 Å². The van der Waals surface area contributed by atoms with E-state index in [-0.39, 0.29) is 5.97 Å². The Balaban J connectivity index is 2.39. The number of carbonyl (C=O) groups is 1. The molecular weight excluding hydrogens is 256 g/mol. The minimum absolute atomic E-state index is 0.328. The number of hydrogen-bond donors (Lipinski definition) is 0. The molecule has 20 heavy (non-hydrogen) atoms. The van der Waals surface area contributed by atoms with Crippen LogP contribution in [0.2, 0.25) is 0 Å². The number of nitrogens with zero attached hydrogens (tertiary/aromatic N) is 2. The van der Waals surface area contributed by atoms with E-state index in [0.29, 0.717) is 18.6 Å². The zero-order valence-electron chi connectivity index (χ0n) is 11.8. The Morgan fingerprint density at radius 2 is 2.25 bits per heavy atom. The largest absolute Gasteiger partial charge is 0.462 e. The molecule has 0 saturated heterocycles. The lowest BCUT2D eigenvalue weighted by Gasteiger charge is -2.02. The van der Waals surface area contributed by atoms with Gasteiger partial charge in [-0.15, -0.1) is 0 Å². The molecule has 0 N–H and O–H groups in total. The molecule has 3 rings (SSSR count). The van der Waals surface area contributed by atoms with Gasteiger partial charge in [-0.2, -0.15) is 5.10 Å². The Bertz CT molecular complexity index is 798. The number of esters is 1. The van der Waals surface area contributed by atoms with Crippen LogP contribution in [-0.4, -0.2) is 22.2 Å². The predicted octanol–water partition coefficient (Wildman–Crippen LogP) is 3.13. The minimum atomic E-state index is -0.328. The van der Waals surface area contributed by atoms with E-state index in [0.717, 1.165) is 27.9 Å². The van der Waals surface area contributed by atoms with E-state index in [1.165, 1.54) is 0 Å². The third-order valence-corrected chi connectivity index (χ3v) is 3.30. The average Bonchev–Trinajstić information content (AvgIpc) is 2.97. The van der Waals surface area contributed by atoms with E-state index in [1.54, 1.807) is 11.4 Å². The fraction of sp³-hybridized carbons (Fsp3) is 0.333. The van der Waals surface area contributed by atoms with Crippen molar-refractivity contribution in [3.63, 3.8) is 0 Å². The SMILES string of the molecule is CCOC(=O)c1c(CC)nn2ccc3oc(C)cc3c12. The molecule has 3 aromatic heterocycles. The van der Waals surface area contributed by atoms with E-state index in [9.17, 15) is 4.79 Å². The second-order valence-corrected chi connectivity index (χ2v) is 4.64. The maximum absolute atomic E-state index is 12.2. The summed E-state index contributed by atoms with van der Waals surface area (Å²) in [7, 11) is 0. The fourth-order valence-electron chi connectivity index (χ4n) is 2.49. The Morgan fingerprint density at radius 3 is 2.95 bits per heavy atom. The van der Waals surface area contributed by atoms with Crippen molar-refractivity contribution in [2.75, 3.05) is 6.61 Å². The predicted molar refractivity (Wildman–Crippen MR) is 75.0 cm³/mol. The molecule has 0 aliphatic heterocycles. The second-order valence-electron chi connectivity index (χ2n) is 4.64. The zero-order valence-corrected chi connectivity index (χ0v) is 11.8. The molecule has 0 aliphatic carbocycles. The topological polar surface area (TPSA) is 56.7 Å². The first-order valence-corrected chi connectivity index (χ1v) is 6.73. The van der Waals surface area contributed by atoms with Gasteiger partial charge in [0.05, 0.1) is 17.8 Å². The van der Waals surface area contributed by atoms with Crippen LogP contribution in [0, 0.1) is 6.92 Å². The van der Waals surface area contributed by atoms with Crippen molar-refractivity contribution in [1.82, 2.24) is 9.61 Å². The monoisotopic (exact) mass is 272 g/mol. The van der Waals surface area contributed by atoms with Gasteiger partial charge < -0.3 is 9.15 Å². The van der Waals surface area contributed by atoms with Gasteiger partial charge in [0.15, 0.2) is 0 Å². The van der Waals surface area contributed by atoms with Crippen molar-refractivity contribution < 1.29 is 13.9 Å². The first-order valence-electron chi connectivity index (χ1n) is 6.73. The number of pyridine rings is 1. The summed E-state index contributed by atoms with van der Waals surface area (Å²) in [5.41, 5.74) is 2.80. The molecule has 0 radical (unpaired) electrons.